The largest absolute Gasteiger partial charge is 0.345 e. The molecule has 0 radical (unpaired) electrons. The van der Waals surface area contributed by atoms with Crippen molar-refractivity contribution in [2.45, 2.75) is 0 Å². The lowest BCUT2D eigenvalue weighted by molar-refractivity contribution is 1.21. The molecule has 0 aliphatic heterocycles. The molecular weight excluding hydrogens is 631 g/mol. The summed E-state index contributed by atoms with van der Waals surface area (Å²) in [5.74, 6) is 0. The van der Waals surface area contributed by atoms with Crippen LogP contribution in [-0.2, 0) is 0 Å². The third-order valence-corrected chi connectivity index (χ3v) is 9.23. The zero-order chi connectivity index (χ0) is 35.7. The highest BCUT2D eigenvalue weighted by Crippen LogP contribution is 2.37. The second-order valence-corrected chi connectivity index (χ2v) is 12.5. The van der Waals surface area contributed by atoms with Gasteiger partial charge in [0.1, 0.15) is 0 Å². The van der Waals surface area contributed by atoms with Crippen molar-refractivity contribution in [2.24, 2.45) is 0 Å². The van der Waals surface area contributed by atoms with Gasteiger partial charge in [0.15, 0.2) is 0 Å². The van der Waals surface area contributed by atoms with Crippen LogP contribution in [0.15, 0.2) is 225 Å². The summed E-state index contributed by atoms with van der Waals surface area (Å²) in [6.07, 6.45) is 5.62. The summed E-state index contributed by atoms with van der Waals surface area (Å²) >= 11 is 0. The second-order valence-electron chi connectivity index (χ2n) is 12.5. The Labute approximate surface area is 308 Å². The summed E-state index contributed by atoms with van der Waals surface area (Å²) in [5, 5.41) is 0. The molecule has 3 nitrogen and oxygen atoms in total. The van der Waals surface area contributed by atoms with Crippen molar-refractivity contribution in [3.8, 4) is 22.3 Å². The van der Waals surface area contributed by atoms with Crippen molar-refractivity contribution in [3.63, 3.8) is 0 Å². The van der Waals surface area contributed by atoms with Gasteiger partial charge in [-0.05, 0) is 119 Å². The Bertz CT molecular complexity index is 2200. The first kappa shape index (κ1) is 33.6. The molecule has 0 N–H and O–H groups in total. The Kier molecular flexibility index (Phi) is 10.2. The first-order valence-corrected chi connectivity index (χ1v) is 17.5. The first-order chi connectivity index (χ1) is 25.6. The molecule has 0 aliphatic carbocycles. The zero-order valence-electron chi connectivity index (χ0n) is 29.4. The van der Waals surface area contributed by atoms with Gasteiger partial charge in [-0.3, -0.25) is 0 Å². The molecule has 0 heterocycles. The van der Waals surface area contributed by atoms with Gasteiger partial charge in [0.25, 0.3) is 0 Å². The smallest absolute Gasteiger partial charge is 0.0462 e. The summed E-state index contributed by atoms with van der Waals surface area (Å²) in [5.41, 5.74) is 13.4. The molecule has 0 atom stereocenters. The van der Waals surface area contributed by atoms with Gasteiger partial charge in [0.05, 0.1) is 0 Å². The van der Waals surface area contributed by atoms with Gasteiger partial charge in [0.2, 0.25) is 0 Å². The molecule has 7 rings (SSSR count). The van der Waals surface area contributed by atoms with E-state index >= 15 is 0 Å². The third kappa shape index (κ3) is 7.35. The molecule has 0 amide bonds. The average molecular weight is 672 g/mol. The second kappa shape index (κ2) is 15.8. The van der Waals surface area contributed by atoms with Crippen LogP contribution in [0.1, 0.15) is 0 Å². The quantitative estimate of drug-likeness (QED) is 0.120. The summed E-state index contributed by atoms with van der Waals surface area (Å²) in [7, 11) is 2.11. The van der Waals surface area contributed by atoms with E-state index in [2.05, 4.69) is 205 Å². The van der Waals surface area contributed by atoms with Crippen molar-refractivity contribution < 1.29 is 0 Å². The van der Waals surface area contributed by atoms with Gasteiger partial charge in [-0.2, -0.15) is 0 Å². The maximum atomic E-state index is 4.04. The molecular formula is C49H41N3. The van der Waals surface area contributed by atoms with Crippen molar-refractivity contribution in [3.05, 3.63) is 225 Å². The molecule has 0 unspecified atom stereocenters. The van der Waals surface area contributed by atoms with E-state index in [4.69, 9.17) is 0 Å². The summed E-state index contributed by atoms with van der Waals surface area (Å²) in [6.45, 7) is 7.94. The number of hydrogen-bond acceptors (Lipinski definition) is 3. The topological polar surface area (TPSA) is 9.72 Å². The molecule has 0 fully saturated rings. The Balaban J connectivity index is 1.05. The van der Waals surface area contributed by atoms with Crippen molar-refractivity contribution in [1.29, 1.82) is 0 Å². The van der Waals surface area contributed by atoms with E-state index in [0.29, 0.717) is 0 Å². The van der Waals surface area contributed by atoms with E-state index in [0.717, 1.165) is 56.6 Å². The van der Waals surface area contributed by atoms with E-state index in [1.165, 1.54) is 11.1 Å². The van der Waals surface area contributed by atoms with Gasteiger partial charge < -0.3 is 14.7 Å². The van der Waals surface area contributed by atoms with Crippen LogP contribution < -0.4 is 14.7 Å². The van der Waals surface area contributed by atoms with E-state index < -0.39 is 0 Å². The van der Waals surface area contributed by atoms with Crippen LogP contribution in [0.3, 0.4) is 0 Å². The van der Waals surface area contributed by atoms with Gasteiger partial charge in [0, 0.05) is 52.6 Å². The van der Waals surface area contributed by atoms with Crippen LogP contribution in [-0.4, -0.2) is 7.05 Å². The number of hydrogen-bond donors (Lipinski definition) is 0. The van der Waals surface area contributed by atoms with Crippen LogP contribution in [0.4, 0.5) is 39.8 Å². The molecule has 0 spiro atoms. The van der Waals surface area contributed by atoms with E-state index in [9.17, 15) is 0 Å². The van der Waals surface area contributed by atoms with Crippen molar-refractivity contribution in [2.75, 3.05) is 21.7 Å². The molecule has 52 heavy (non-hydrogen) atoms. The van der Waals surface area contributed by atoms with Crippen molar-refractivity contribution >= 4 is 39.8 Å². The fourth-order valence-corrected chi connectivity index (χ4v) is 6.49. The number of rotatable bonds is 12. The molecule has 0 bridgehead atoms. The van der Waals surface area contributed by atoms with Crippen LogP contribution in [0.25, 0.3) is 22.3 Å². The van der Waals surface area contributed by atoms with E-state index in [-0.39, 0.29) is 0 Å². The minimum Gasteiger partial charge on any atom is -0.345 e. The monoisotopic (exact) mass is 671 g/mol. The maximum Gasteiger partial charge on any atom is 0.0462 e. The van der Waals surface area contributed by atoms with Gasteiger partial charge >= 0.3 is 0 Å². The van der Waals surface area contributed by atoms with Gasteiger partial charge in [-0.1, -0.05) is 122 Å². The Hall–Kier alpha value is -6.84. The predicted molar refractivity (Wildman–Crippen MR) is 224 cm³/mol. The lowest BCUT2D eigenvalue weighted by atomic mass is 10.0. The maximum absolute atomic E-state index is 4.04. The third-order valence-electron chi connectivity index (χ3n) is 9.23. The summed E-state index contributed by atoms with van der Waals surface area (Å²) in [6, 6.07) is 66.3. The Morgan fingerprint density at radius 1 is 0.385 bits per heavy atom. The van der Waals surface area contributed by atoms with E-state index in [1.807, 2.05) is 30.4 Å². The highest BCUT2D eigenvalue weighted by atomic mass is 15.1. The van der Waals surface area contributed by atoms with E-state index in [1.54, 1.807) is 6.08 Å². The first-order valence-electron chi connectivity index (χ1n) is 17.5. The van der Waals surface area contributed by atoms with Crippen LogP contribution in [0, 0.1) is 0 Å². The molecule has 252 valence electrons. The standard InChI is InChI=1S/C49H41N3/c1-4-15-42(5-2)51(45-16-9-6-10-17-45)48-34-26-40(27-35-48)38-22-30-43(31-23-38)50(3)44-32-24-39(25-33-44)41-28-36-49(37-29-41)52(46-18-11-7-12-19-46)47-20-13-8-14-21-47/h4-37H,1-2H2,3H3/b42-15+. The molecule has 7 aromatic rings. The van der Waals surface area contributed by atoms with Gasteiger partial charge in [-0.15, -0.1) is 0 Å². The van der Waals surface area contributed by atoms with Crippen LogP contribution in [0.2, 0.25) is 0 Å². The zero-order valence-corrected chi connectivity index (χ0v) is 29.4. The molecule has 3 heteroatoms. The lowest BCUT2D eigenvalue weighted by Crippen LogP contribution is -2.14. The van der Waals surface area contributed by atoms with Crippen LogP contribution in [0.5, 0.6) is 0 Å². The number of anilines is 7. The molecule has 0 aliphatic rings. The number of benzene rings is 7. The Morgan fingerprint density at radius 2 is 0.692 bits per heavy atom. The normalized spacial score (nSPS) is 11.1. The van der Waals surface area contributed by atoms with Crippen molar-refractivity contribution in [1.82, 2.24) is 0 Å². The fourth-order valence-electron chi connectivity index (χ4n) is 6.49. The summed E-state index contributed by atoms with van der Waals surface area (Å²) < 4.78 is 0. The molecule has 0 saturated heterocycles. The highest BCUT2D eigenvalue weighted by Gasteiger charge is 2.14. The minimum atomic E-state index is 0.960. The fraction of sp³-hybridized carbons (Fsp3) is 0.0204. The number of para-hydroxylation sites is 3. The average Bonchev–Trinajstić information content (AvgIpc) is 3.22. The lowest BCUT2D eigenvalue weighted by Gasteiger charge is -2.26. The highest BCUT2D eigenvalue weighted by molar-refractivity contribution is 5.79. The molecule has 7 aromatic carbocycles. The van der Waals surface area contributed by atoms with Crippen LogP contribution >= 0.6 is 0 Å². The predicted octanol–water partition coefficient (Wildman–Crippen LogP) is 13.7. The summed E-state index contributed by atoms with van der Waals surface area (Å²) in [4.78, 5) is 6.68. The van der Waals surface area contributed by atoms with Gasteiger partial charge in [-0.25, -0.2) is 0 Å². The number of allylic oxidation sites excluding steroid dienone is 3. The SMILES string of the molecule is C=C/C=C(\C=C)N(c1ccccc1)c1ccc(-c2ccc(N(C)c3ccc(-c4ccc(N(c5ccccc5)c5ccccc5)cc4)cc3)cc2)cc1. The molecule has 0 saturated carbocycles. The minimum absolute atomic E-state index is 0.960. The number of nitrogens with zero attached hydrogens (tertiary/aromatic N) is 3. The Morgan fingerprint density at radius 3 is 1.06 bits per heavy atom. The molecule has 0 aromatic heterocycles.